The van der Waals surface area contributed by atoms with E-state index in [0.717, 1.165) is 25.7 Å². The van der Waals surface area contributed by atoms with Crippen LogP contribution in [0.3, 0.4) is 0 Å². The molecule has 0 spiro atoms. The monoisotopic (exact) mass is 244 g/mol. The molecule has 5 nitrogen and oxygen atoms in total. The molecule has 17 heavy (non-hydrogen) atoms. The number of aliphatic hydroxyl groups excluding tert-OH is 1. The average Bonchev–Trinajstić information content (AvgIpc) is 2.32. The summed E-state index contributed by atoms with van der Waals surface area (Å²) >= 11 is 0. The van der Waals surface area contributed by atoms with Gasteiger partial charge in [-0.3, -0.25) is 4.79 Å². The number of ether oxygens (including phenoxy) is 1. The Morgan fingerprint density at radius 3 is 2.65 bits per heavy atom. The van der Waals surface area contributed by atoms with Crippen LogP contribution in [-0.4, -0.2) is 50.0 Å². The van der Waals surface area contributed by atoms with Crippen molar-refractivity contribution in [1.29, 1.82) is 0 Å². The van der Waals surface area contributed by atoms with Crippen LogP contribution in [0.1, 0.15) is 32.1 Å². The summed E-state index contributed by atoms with van der Waals surface area (Å²) in [6.07, 6.45) is 4.14. The highest BCUT2D eigenvalue weighted by molar-refractivity contribution is 5.76. The zero-order chi connectivity index (χ0) is 12.5. The van der Waals surface area contributed by atoms with E-state index in [2.05, 4.69) is 10.6 Å². The fraction of sp³-hybridized carbons (Fsp3) is 0.917. The molecule has 1 fully saturated rings. The van der Waals surface area contributed by atoms with Crippen LogP contribution in [0, 0.1) is 0 Å². The number of hydrogen-bond donors (Lipinski definition) is 3. The molecule has 0 heterocycles. The first-order valence-corrected chi connectivity index (χ1v) is 6.39. The topological polar surface area (TPSA) is 70.6 Å². The normalized spacial score (nSPS) is 24.6. The highest BCUT2D eigenvalue weighted by Gasteiger charge is 2.18. The standard InChI is InChI=1S/C12H24N2O3/c1-17-9-8-14-12(16)6-7-13-10-2-4-11(15)5-3-10/h10-11,13,15H,2-9H2,1H3,(H,14,16). The summed E-state index contributed by atoms with van der Waals surface area (Å²) in [7, 11) is 1.62. The van der Waals surface area contributed by atoms with Gasteiger partial charge >= 0.3 is 0 Å². The third kappa shape index (κ3) is 6.61. The molecule has 0 bridgehead atoms. The Labute approximate surface area is 103 Å². The molecule has 1 rings (SSSR count). The van der Waals surface area contributed by atoms with Crippen molar-refractivity contribution in [2.75, 3.05) is 26.8 Å². The molecule has 0 atom stereocenters. The number of rotatable bonds is 7. The molecule has 1 saturated carbocycles. The van der Waals surface area contributed by atoms with Crippen LogP contribution in [-0.2, 0) is 9.53 Å². The molecule has 1 aliphatic carbocycles. The van der Waals surface area contributed by atoms with Gasteiger partial charge in [0.2, 0.25) is 5.91 Å². The molecule has 0 aromatic rings. The molecule has 0 saturated heterocycles. The van der Waals surface area contributed by atoms with Crippen molar-refractivity contribution in [2.45, 2.75) is 44.2 Å². The molecule has 0 unspecified atom stereocenters. The van der Waals surface area contributed by atoms with E-state index in [9.17, 15) is 9.90 Å². The van der Waals surface area contributed by atoms with Crippen molar-refractivity contribution in [3.63, 3.8) is 0 Å². The molecule has 3 N–H and O–H groups in total. The minimum atomic E-state index is -0.120. The zero-order valence-electron chi connectivity index (χ0n) is 10.6. The van der Waals surface area contributed by atoms with Crippen LogP contribution in [0.5, 0.6) is 0 Å². The van der Waals surface area contributed by atoms with E-state index in [-0.39, 0.29) is 12.0 Å². The lowest BCUT2D eigenvalue weighted by molar-refractivity contribution is -0.121. The van der Waals surface area contributed by atoms with E-state index >= 15 is 0 Å². The number of methoxy groups -OCH3 is 1. The van der Waals surface area contributed by atoms with Crippen molar-refractivity contribution in [3.05, 3.63) is 0 Å². The van der Waals surface area contributed by atoms with Gasteiger partial charge in [0, 0.05) is 32.7 Å². The fourth-order valence-corrected chi connectivity index (χ4v) is 2.05. The van der Waals surface area contributed by atoms with Gasteiger partial charge in [-0.25, -0.2) is 0 Å². The first-order valence-electron chi connectivity index (χ1n) is 6.39. The lowest BCUT2D eigenvalue weighted by atomic mass is 9.93. The second-order valence-electron chi connectivity index (χ2n) is 4.55. The molecule has 0 aliphatic heterocycles. The Balaban J connectivity index is 1.97. The summed E-state index contributed by atoms with van der Waals surface area (Å²) in [5.41, 5.74) is 0. The van der Waals surface area contributed by atoms with Gasteiger partial charge in [-0.1, -0.05) is 0 Å². The molecule has 0 radical (unpaired) electrons. The number of aliphatic hydroxyl groups is 1. The van der Waals surface area contributed by atoms with Crippen LogP contribution in [0.2, 0.25) is 0 Å². The third-order valence-corrected chi connectivity index (χ3v) is 3.11. The Morgan fingerprint density at radius 1 is 1.29 bits per heavy atom. The van der Waals surface area contributed by atoms with Crippen molar-refractivity contribution >= 4 is 5.91 Å². The first-order chi connectivity index (χ1) is 8.22. The van der Waals surface area contributed by atoms with E-state index in [4.69, 9.17) is 4.74 Å². The predicted octanol–water partition coefficient (Wildman–Crippen LogP) is 0.0322. The van der Waals surface area contributed by atoms with Gasteiger partial charge in [0.15, 0.2) is 0 Å². The maximum Gasteiger partial charge on any atom is 0.221 e. The van der Waals surface area contributed by atoms with Crippen LogP contribution >= 0.6 is 0 Å². The largest absolute Gasteiger partial charge is 0.393 e. The summed E-state index contributed by atoms with van der Waals surface area (Å²) in [6.45, 7) is 1.84. The van der Waals surface area contributed by atoms with Gasteiger partial charge in [0.1, 0.15) is 0 Å². The average molecular weight is 244 g/mol. The highest BCUT2D eigenvalue weighted by atomic mass is 16.5. The van der Waals surface area contributed by atoms with E-state index in [1.807, 2.05) is 0 Å². The molecular formula is C12H24N2O3. The minimum Gasteiger partial charge on any atom is -0.393 e. The van der Waals surface area contributed by atoms with Gasteiger partial charge in [-0.15, -0.1) is 0 Å². The molecule has 1 aliphatic rings. The second kappa shape index (κ2) is 8.44. The maximum absolute atomic E-state index is 11.4. The smallest absolute Gasteiger partial charge is 0.221 e. The molecule has 0 aromatic carbocycles. The van der Waals surface area contributed by atoms with Crippen LogP contribution in [0.25, 0.3) is 0 Å². The number of carbonyl (C=O) groups excluding carboxylic acids is 1. The SMILES string of the molecule is COCCNC(=O)CCNC1CCC(O)CC1. The summed E-state index contributed by atoms with van der Waals surface area (Å²) in [5.74, 6) is 0.0606. The van der Waals surface area contributed by atoms with Crippen molar-refractivity contribution in [1.82, 2.24) is 10.6 Å². The van der Waals surface area contributed by atoms with E-state index in [0.29, 0.717) is 32.2 Å². The van der Waals surface area contributed by atoms with Gasteiger partial charge in [-0.05, 0) is 25.7 Å². The van der Waals surface area contributed by atoms with Crippen molar-refractivity contribution in [3.8, 4) is 0 Å². The summed E-state index contributed by atoms with van der Waals surface area (Å²) in [5, 5.41) is 15.5. The van der Waals surface area contributed by atoms with Crippen LogP contribution in [0.15, 0.2) is 0 Å². The minimum absolute atomic E-state index is 0.0606. The van der Waals surface area contributed by atoms with E-state index in [1.165, 1.54) is 0 Å². The zero-order valence-corrected chi connectivity index (χ0v) is 10.6. The van der Waals surface area contributed by atoms with Gasteiger partial charge < -0.3 is 20.5 Å². The highest BCUT2D eigenvalue weighted by Crippen LogP contribution is 2.17. The van der Waals surface area contributed by atoms with Gasteiger partial charge in [0.05, 0.1) is 12.7 Å². The fourth-order valence-electron chi connectivity index (χ4n) is 2.05. The Kier molecular flexibility index (Phi) is 7.16. The summed E-state index contributed by atoms with van der Waals surface area (Å²) in [4.78, 5) is 11.4. The van der Waals surface area contributed by atoms with E-state index < -0.39 is 0 Å². The summed E-state index contributed by atoms with van der Waals surface area (Å²) in [6, 6.07) is 0.463. The quantitative estimate of drug-likeness (QED) is 0.553. The lowest BCUT2D eigenvalue weighted by Gasteiger charge is -2.26. The molecule has 100 valence electrons. The van der Waals surface area contributed by atoms with Gasteiger partial charge in [0.25, 0.3) is 0 Å². The molecule has 0 aromatic heterocycles. The Bertz CT molecular complexity index is 216. The third-order valence-electron chi connectivity index (χ3n) is 3.11. The van der Waals surface area contributed by atoms with Crippen molar-refractivity contribution in [2.24, 2.45) is 0 Å². The molecular weight excluding hydrogens is 220 g/mol. The number of hydrogen-bond acceptors (Lipinski definition) is 4. The number of amides is 1. The number of carbonyl (C=O) groups is 1. The Hall–Kier alpha value is -0.650. The second-order valence-corrected chi connectivity index (χ2v) is 4.55. The van der Waals surface area contributed by atoms with Crippen LogP contribution in [0.4, 0.5) is 0 Å². The first kappa shape index (κ1) is 14.4. The predicted molar refractivity (Wildman–Crippen MR) is 65.8 cm³/mol. The molecule has 1 amide bonds. The van der Waals surface area contributed by atoms with Crippen LogP contribution < -0.4 is 10.6 Å². The van der Waals surface area contributed by atoms with E-state index in [1.54, 1.807) is 7.11 Å². The van der Waals surface area contributed by atoms with Crippen molar-refractivity contribution < 1.29 is 14.6 Å². The number of nitrogens with one attached hydrogen (secondary N) is 2. The maximum atomic E-state index is 11.4. The Morgan fingerprint density at radius 2 is 2.00 bits per heavy atom. The summed E-state index contributed by atoms with van der Waals surface area (Å²) < 4.78 is 4.85. The lowest BCUT2D eigenvalue weighted by Crippen LogP contribution is -2.37. The van der Waals surface area contributed by atoms with Gasteiger partial charge in [-0.2, -0.15) is 0 Å². The molecule has 5 heteroatoms.